The molecular formula is C23H28ClFN8. The second-order valence-corrected chi connectivity index (χ2v) is 9.23. The molecule has 3 heterocycles. The molecule has 1 saturated heterocycles. The number of aromatic nitrogens is 4. The lowest BCUT2D eigenvalue weighted by atomic mass is 10.1. The average molecular weight is 471 g/mol. The molecule has 1 aliphatic carbocycles. The molecular weight excluding hydrogens is 443 g/mol. The van der Waals surface area contributed by atoms with Gasteiger partial charge in [0.2, 0.25) is 5.95 Å². The van der Waals surface area contributed by atoms with E-state index in [0.29, 0.717) is 34.3 Å². The summed E-state index contributed by atoms with van der Waals surface area (Å²) in [6.45, 7) is 5.51. The third-order valence-corrected chi connectivity index (χ3v) is 6.56. The molecule has 10 heteroatoms. The predicted molar refractivity (Wildman–Crippen MR) is 129 cm³/mol. The van der Waals surface area contributed by atoms with Crippen molar-refractivity contribution in [3.05, 3.63) is 52.4 Å². The van der Waals surface area contributed by atoms with Crippen LogP contribution in [0.3, 0.4) is 0 Å². The third-order valence-electron chi connectivity index (χ3n) is 6.21. The molecule has 0 radical (unpaired) electrons. The Kier molecular flexibility index (Phi) is 6.07. The molecule has 5 rings (SSSR count). The van der Waals surface area contributed by atoms with Crippen molar-refractivity contribution in [3.63, 3.8) is 0 Å². The largest absolute Gasteiger partial charge is 0.353 e. The van der Waals surface area contributed by atoms with Crippen LogP contribution in [0.5, 0.6) is 0 Å². The lowest BCUT2D eigenvalue weighted by Crippen LogP contribution is -2.45. The van der Waals surface area contributed by atoms with Crippen molar-refractivity contribution in [1.82, 2.24) is 25.1 Å². The summed E-state index contributed by atoms with van der Waals surface area (Å²) in [5.74, 6) is 2.63. The maximum absolute atomic E-state index is 13.3. The first-order valence-corrected chi connectivity index (χ1v) is 11.7. The Morgan fingerprint density at radius 1 is 1.12 bits per heavy atom. The first-order valence-electron chi connectivity index (χ1n) is 11.3. The predicted octanol–water partition coefficient (Wildman–Crippen LogP) is 4.54. The van der Waals surface area contributed by atoms with Crippen LogP contribution in [0.1, 0.15) is 43.0 Å². The number of aromatic amines is 1. The SMILES string of the molecule is C[C@H](Nc1nc(Nc2cc(C3CC3)[nH]n2)c(Cl)c(N2CCN(C)CC2)n1)c1ccc(F)cc1. The number of piperazine rings is 1. The van der Waals surface area contributed by atoms with E-state index in [9.17, 15) is 4.39 Å². The molecule has 3 N–H and O–H groups in total. The number of halogens is 2. The van der Waals surface area contributed by atoms with Crippen LogP contribution in [0.25, 0.3) is 0 Å². The first kappa shape index (κ1) is 21.9. The van der Waals surface area contributed by atoms with Crippen LogP contribution >= 0.6 is 11.6 Å². The van der Waals surface area contributed by atoms with Gasteiger partial charge in [-0.15, -0.1) is 0 Å². The van der Waals surface area contributed by atoms with Crippen molar-refractivity contribution < 1.29 is 4.39 Å². The van der Waals surface area contributed by atoms with Gasteiger partial charge in [-0.3, -0.25) is 5.10 Å². The summed E-state index contributed by atoms with van der Waals surface area (Å²) in [4.78, 5) is 13.9. The monoisotopic (exact) mass is 470 g/mol. The zero-order valence-corrected chi connectivity index (χ0v) is 19.5. The summed E-state index contributed by atoms with van der Waals surface area (Å²) in [7, 11) is 2.11. The Hall–Kier alpha value is -2.91. The highest BCUT2D eigenvalue weighted by atomic mass is 35.5. The first-order chi connectivity index (χ1) is 16.0. The standard InChI is InChI=1S/C23H28ClFN8/c1-14(15-5-7-17(25)8-6-15)26-23-28-21(27-19-13-18(30-31-19)16-3-4-16)20(24)22(29-23)33-11-9-32(2)10-12-33/h5-8,13-14,16H,3-4,9-12H2,1-2H3,(H3,26,27,28,29,30,31)/t14-/m0/s1. The summed E-state index contributed by atoms with van der Waals surface area (Å²) < 4.78 is 13.3. The fraction of sp³-hybridized carbons (Fsp3) is 0.435. The van der Waals surface area contributed by atoms with Crippen molar-refractivity contribution in [2.75, 3.05) is 48.8 Å². The molecule has 0 spiro atoms. The number of hydrogen-bond acceptors (Lipinski definition) is 7. The maximum Gasteiger partial charge on any atom is 0.227 e. The summed E-state index contributed by atoms with van der Waals surface area (Å²) in [6, 6.07) is 8.31. The van der Waals surface area contributed by atoms with Crippen LogP contribution < -0.4 is 15.5 Å². The van der Waals surface area contributed by atoms with E-state index in [1.807, 2.05) is 13.0 Å². The van der Waals surface area contributed by atoms with Gasteiger partial charge in [0.1, 0.15) is 10.8 Å². The molecule has 1 saturated carbocycles. The molecule has 0 unspecified atom stereocenters. The van der Waals surface area contributed by atoms with Crippen LogP contribution in [0.2, 0.25) is 5.02 Å². The molecule has 1 atom stereocenters. The highest BCUT2D eigenvalue weighted by molar-refractivity contribution is 6.35. The Morgan fingerprint density at radius 2 is 1.85 bits per heavy atom. The number of nitrogens with zero attached hydrogens (tertiary/aromatic N) is 5. The van der Waals surface area contributed by atoms with E-state index in [0.717, 1.165) is 37.4 Å². The van der Waals surface area contributed by atoms with Gasteiger partial charge in [0.05, 0.1) is 6.04 Å². The quantitative estimate of drug-likeness (QED) is 0.467. The molecule has 2 fully saturated rings. The van der Waals surface area contributed by atoms with Crippen LogP contribution in [-0.4, -0.2) is 58.3 Å². The molecule has 3 aromatic rings. The number of nitrogens with one attached hydrogen (secondary N) is 3. The van der Waals surface area contributed by atoms with Gasteiger partial charge in [-0.2, -0.15) is 15.1 Å². The summed E-state index contributed by atoms with van der Waals surface area (Å²) in [5, 5.41) is 14.6. The van der Waals surface area contributed by atoms with Crippen LogP contribution in [0, 0.1) is 5.82 Å². The van der Waals surface area contributed by atoms with E-state index in [-0.39, 0.29) is 11.9 Å². The normalized spacial score (nSPS) is 17.8. The molecule has 1 aliphatic heterocycles. The number of likely N-dealkylation sites (N-methyl/N-ethyl adjacent to an activating group) is 1. The Morgan fingerprint density at radius 3 is 2.55 bits per heavy atom. The Labute approximate surface area is 197 Å². The topological polar surface area (TPSA) is 85.0 Å². The van der Waals surface area contributed by atoms with Gasteiger partial charge < -0.3 is 20.4 Å². The van der Waals surface area contributed by atoms with E-state index >= 15 is 0 Å². The number of anilines is 4. The zero-order chi connectivity index (χ0) is 22.9. The minimum absolute atomic E-state index is 0.119. The lowest BCUT2D eigenvalue weighted by molar-refractivity contribution is 0.312. The maximum atomic E-state index is 13.3. The van der Waals surface area contributed by atoms with Crippen LogP contribution in [0.15, 0.2) is 30.3 Å². The van der Waals surface area contributed by atoms with E-state index < -0.39 is 0 Å². The van der Waals surface area contributed by atoms with Crippen molar-refractivity contribution in [2.45, 2.75) is 31.7 Å². The van der Waals surface area contributed by atoms with Gasteiger partial charge in [0.15, 0.2) is 17.5 Å². The van der Waals surface area contributed by atoms with E-state index in [1.54, 1.807) is 12.1 Å². The van der Waals surface area contributed by atoms with Crippen molar-refractivity contribution in [1.29, 1.82) is 0 Å². The zero-order valence-electron chi connectivity index (χ0n) is 18.8. The van der Waals surface area contributed by atoms with E-state index in [2.05, 4.69) is 42.7 Å². The average Bonchev–Trinajstić information content (AvgIpc) is 3.56. The highest BCUT2D eigenvalue weighted by Gasteiger charge is 2.26. The van der Waals surface area contributed by atoms with Gasteiger partial charge in [-0.25, -0.2) is 4.39 Å². The number of hydrogen-bond donors (Lipinski definition) is 3. The minimum Gasteiger partial charge on any atom is -0.353 e. The molecule has 1 aromatic carbocycles. The van der Waals surface area contributed by atoms with Crippen molar-refractivity contribution in [2.24, 2.45) is 0 Å². The number of benzene rings is 1. The summed E-state index contributed by atoms with van der Waals surface area (Å²) >= 11 is 6.80. The summed E-state index contributed by atoms with van der Waals surface area (Å²) in [6.07, 6.45) is 2.39. The Bertz CT molecular complexity index is 1110. The molecule has 2 aromatic heterocycles. The van der Waals surface area contributed by atoms with Gasteiger partial charge in [-0.05, 0) is 44.5 Å². The van der Waals surface area contributed by atoms with Crippen LogP contribution in [-0.2, 0) is 0 Å². The van der Waals surface area contributed by atoms with Gasteiger partial charge in [0.25, 0.3) is 0 Å². The second kappa shape index (κ2) is 9.15. The van der Waals surface area contributed by atoms with Gasteiger partial charge in [0, 0.05) is 43.9 Å². The second-order valence-electron chi connectivity index (χ2n) is 8.85. The Balaban J connectivity index is 1.44. The van der Waals surface area contributed by atoms with E-state index in [1.165, 1.54) is 25.0 Å². The fourth-order valence-corrected chi connectivity index (χ4v) is 4.22. The fourth-order valence-electron chi connectivity index (χ4n) is 3.96. The number of H-pyrrole nitrogens is 1. The molecule has 8 nitrogen and oxygen atoms in total. The smallest absolute Gasteiger partial charge is 0.227 e. The van der Waals surface area contributed by atoms with Crippen molar-refractivity contribution >= 4 is 35.0 Å². The minimum atomic E-state index is -0.262. The molecule has 0 bridgehead atoms. The molecule has 33 heavy (non-hydrogen) atoms. The van der Waals surface area contributed by atoms with Crippen LogP contribution in [0.4, 0.5) is 27.8 Å². The highest BCUT2D eigenvalue weighted by Crippen LogP contribution is 2.40. The third kappa shape index (κ3) is 5.04. The van der Waals surface area contributed by atoms with Gasteiger partial charge >= 0.3 is 0 Å². The molecule has 2 aliphatic rings. The van der Waals surface area contributed by atoms with Crippen molar-refractivity contribution in [3.8, 4) is 0 Å². The van der Waals surface area contributed by atoms with Gasteiger partial charge in [-0.1, -0.05) is 23.7 Å². The lowest BCUT2D eigenvalue weighted by Gasteiger charge is -2.34. The molecule has 174 valence electrons. The summed E-state index contributed by atoms with van der Waals surface area (Å²) in [5.41, 5.74) is 2.07. The van der Waals surface area contributed by atoms with E-state index in [4.69, 9.17) is 16.6 Å². The molecule has 0 amide bonds. The number of rotatable bonds is 7.